The first-order valence-corrected chi connectivity index (χ1v) is 9.53. The number of pyridine rings is 1. The second-order valence-electron chi connectivity index (χ2n) is 6.84. The summed E-state index contributed by atoms with van der Waals surface area (Å²) in [7, 11) is 0. The summed E-state index contributed by atoms with van der Waals surface area (Å²) in [5.41, 5.74) is 1.90. The first-order chi connectivity index (χ1) is 13.2. The number of carbonyl (C=O) groups excluding carboxylic acids is 1. The van der Waals surface area contributed by atoms with Gasteiger partial charge >= 0.3 is 0 Å². The van der Waals surface area contributed by atoms with Crippen molar-refractivity contribution in [2.45, 2.75) is 25.3 Å². The fourth-order valence-corrected chi connectivity index (χ4v) is 3.74. The third kappa shape index (κ3) is 4.03. The van der Waals surface area contributed by atoms with Gasteiger partial charge in [0.25, 0.3) is 5.91 Å². The van der Waals surface area contributed by atoms with Crippen LogP contribution in [-0.2, 0) is 6.54 Å². The van der Waals surface area contributed by atoms with Gasteiger partial charge in [0, 0.05) is 60.9 Å². The Morgan fingerprint density at radius 1 is 1.04 bits per heavy atom. The molecule has 4 rings (SSSR count). The fraction of sp³-hybridized carbons (Fsp3) is 0.286. The molecule has 1 aromatic carbocycles. The van der Waals surface area contributed by atoms with Crippen LogP contribution >= 0.6 is 11.6 Å². The molecule has 138 valence electrons. The highest BCUT2D eigenvalue weighted by Gasteiger charge is 2.27. The summed E-state index contributed by atoms with van der Waals surface area (Å²) in [6, 6.07) is 11.2. The van der Waals surface area contributed by atoms with Crippen molar-refractivity contribution >= 4 is 17.5 Å². The lowest BCUT2D eigenvalue weighted by atomic mass is 9.95. The van der Waals surface area contributed by atoms with Gasteiger partial charge < -0.3 is 9.47 Å². The van der Waals surface area contributed by atoms with E-state index in [0.717, 1.165) is 38.3 Å². The minimum atomic E-state index is 0.0743. The van der Waals surface area contributed by atoms with Crippen LogP contribution in [0.4, 0.5) is 0 Å². The van der Waals surface area contributed by atoms with Crippen LogP contribution in [0.2, 0.25) is 5.02 Å². The minimum Gasteiger partial charge on any atom is -0.339 e. The van der Waals surface area contributed by atoms with E-state index in [-0.39, 0.29) is 5.91 Å². The van der Waals surface area contributed by atoms with Crippen LogP contribution in [0.5, 0.6) is 0 Å². The number of hydrogen-bond donors (Lipinski definition) is 0. The Morgan fingerprint density at radius 2 is 1.74 bits per heavy atom. The lowest BCUT2D eigenvalue weighted by molar-refractivity contribution is 0.0710. The number of hydrogen-bond acceptors (Lipinski definition) is 3. The molecule has 2 aromatic heterocycles. The van der Waals surface area contributed by atoms with Gasteiger partial charge in [0.15, 0.2) is 0 Å². The topological polar surface area (TPSA) is 51.0 Å². The highest BCUT2D eigenvalue weighted by atomic mass is 35.5. The number of benzene rings is 1. The Hall–Kier alpha value is -2.66. The average Bonchev–Trinajstić information content (AvgIpc) is 3.17. The summed E-state index contributed by atoms with van der Waals surface area (Å²) < 4.78 is 2.21. The lowest BCUT2D eigenvalue weighted by Crippen LogP contribution is -2.38. The van der Waals surface area contributed by atoms with E-state index in [4.69, 9.17) is 11.6 Å². The Bertz CT molecular complexity index is 899. The molecule has 3 aromatic rings. The molecule has 0 atom stereocenters. The van der Waals surface area contributed by atoms with Gasteiger partial charge in [-0.1, -0.05) is 11.6 Å². The largest absolute Gasteiger partial charge is 0.339 e. The number of likely N-dealkylation sites (tertiary alicyclic amines) is 1. The highest BCUT2D eigenvalue weighted by molar-refractivity contribution is 6.30. The van der Waals surface area contributed by atoms with Crippen molar-refractivity contribution in [1.82, 2.24) is 19.4 Å². The monoisotopic (exact) mass is 380 g/mol. The molecular formula is C21H21ClN4O. The lowest BCUT2D eigenvalue weighted by Gasteiger charge is -2.32. The van der Waals surface area contributed by atoms with E-state index in [1.165, 1.54) is 5.56 Å². The van der Waals surface area contributed by atoms with Gasteiger partial charge in [-0.25, -0.2) is 4.98 Å². The maximum atomic E-state index is 12.7. The molecular weight excluding hydrogens is 360 g/mol. The summed E-state index contributed by atoms with van der Waals surface area (Å²) in [4.78, 5) is 23.3. The van der Waals surface area contributed by atoms with Crippen molar-refractivity contribution in [2.24, 2.45) is 0 Å². The number of piperidine rings is 1. The maximum Gasteiger partial charge on any atom is 0.253 e. The van der Waals surface area contributed by atoms with E-state index in [9.17, 15) is 4.79 Å². The smallest absolute Gasteiger partial charge is 0.253 e. The van der Waals surface area contributed by atoms with Crippen LogP contribution in [0.25, 0.3) is 0 Å². The van der Waals surface area contributed by atoms with Crippen LogP contribution in [0, 0.1) is 0 Å². The molecule has 0 spiro atoms. The second kappa shape index (κ2) is 7.92. The van der Waals surface area contributed by atoms with Gasteiger partial charge in [0.2, 0.25) is 0 Å². The first kappa shape index (κ1) is 17.7. The number of halogens is 1. The SMILES string of the molecule is O=C(c1ccc(Cl)cc1)N1CCC(c2nccn2Cc2ccncc2)CC1. The Balaban J connectivity index is 1.40. The summed E-state index contributed by atoms with van der Waals surface area (Å²) in [6.07, 6.45) is 9.36. The molecule has 27 heavy (non-hydrogen) atoms. The molecule has 5 nitrogen and oxygen atoms in total. The number of aromatic nitrogens is 3. The zero-order valence-electron chi connectivity index (χ0n) is 15.0. The molecule has 0 aliphatic carbocycles. The van der Waals surface area contributed by atoms with E-state index in [1.54, 1.807) is 24.3 Å². The molecule has 0 unspecified atom stereocenters. The van der Waals surface area contributed by atoms with Crippen molar-refractivity contribution in [1.29, 1.82) is 0 Å². The molecule has 3 heterocycles. The van der Waals surface area contributed by atoms with E-state index in [1.807, 2.05) is 41.8 Å². The molecule has 1 aliphatic rings. The van der Waals surface area contributed by atoms with Crippen LogP contribution in [0.3, 0.4) is 0 Å². The molecule has 1 aliphatic heterocycles. The molecule has 0 bridgehead atoms. The van der Waals surface area contributed by atoms with Crippen molar-refractivity contribution in [3.05, 3.63) is 83.2 Å². The number of rotatable bonds is 4. The van der Waals surface area contributed by atoms with E-state index < -0.39 is 0 Å². The molecule has 0 N–H and O–H groups in total. The zero-order valence-corrected chi connectivity index (χ0v) is 15.7. The van der Waals surface area contributed by atoms with Gasteiger partial charge in [0.1, 0.15) is 5.82 Å². The van der Waals surface area contributed by atoms with Gasteiger partial charge in [-0.05, 0) is 54.8 Å². The molecule has 1 fully saturated rings. The fourth-order valence-electron chi connectivity index (χ4n) is 3.62. The normalized spacial score (nSPS) is 15.1. The quantitative estimate of drug-likeness (QED) is 0.687. The third-order valence-electron chi connectivity index (χ3n) is 5.09. The minimum absolute atomic E-state index is 0.0743. The predicted octanol–water partition coefficient (Wildman–Crippen LogP) is 4.00. The van der Waals surface area contributed by atoms with Crippen molar-refractivity contribution in [2.75, 3.05) is 13.1 Å². The number of imidazole rings is 1. The number of amides is 1. The summed E-state index contributed by atoms with van der Waals surface area (Å²) in [5.74, 6) is 1.55. The maximum absolute atomic E-state index is 12.7. The summed E-state index contributed by atoms with van der Waals surface area (Å²) in [6.45, 7) is 2.28. The Labute approximate surface area is 163 Å². The third-order valence-corrected chi connectivity index (χ3v) is 5.34. The second-order valence-corrected chi connectivity index (χ2v) is 7.28. The van der Waals surface area contributed by atoms with E-state index in [2.05, 4.69) is 14.5 Å². The van der Waals surface area contributed by atoms with E-state index >= 15 is 0 Å². The zero-order chi connectivity index (χ0) is 18.6. The Morgan fingerprint density at radius 3 is 2.44 bits per heavy atom. The first-order valence-electron chi connectivity index (χ1n) is 9.15. The molecule has 0 radical (unpaired) electrons. The van der Waals surface area contributed by atoms with Gasteiger partial charge in [-0.2, -0.15) is 0 Å². The molecule has 1 amide bonds. The van der Waals surface area contributed by atoms with Crippen LogP contribution in [-0.4, -0.2) is 38.4 Å². The van der Waals surface area contributed by atoms with Crippen molar-refractivity contribution in [3.8, 4) is 0 Å². The van der Waals surface area contributed by atoms with Crippen LogP contribution < -0.4 is 0 Å². The van der Waals surface area contributed by atoms with Gasteiger partial charge in [-0.15, -0.1) is 0 Å². The molecule has 0 saturated carbocycles. The number of carbonyl (C=O) groups is 1. The predicted molar refractivity (Wildman–Crippen MR) is 105 cm³/mol. The molecule has 6 heteroatoms. The van der Waals surface area contributed by atoms with Crippen LogP contribution in [0.15, 0.2) is 61.2 Å². The van der Waals surface area contributed by atoms with Crippen molar-refractivity contribution < 1.29 is 4.79 Å². The van der Waals surface area contributed by atoms with Gasteiger partial charge in [0.05, 0.1) is 0 Å². The number of nitrogens with zero attached hydrogens (tertiary/aromatic N) is 4. The summed E-state index contributed by atoms with van der Waals surface area (Å²) >= 11 is 5.91. The van der Waals surface area contributed by atoms with E-state index in [0.29, 0.717) is 16.5 Å². The standard InChI is InChI=1S/C21H21ClN4O/c22-19-3-1-18(2-4-19)21(27)25-12-7-17(8-13-25)20-24-11-14-26(20)15-16-5-9-23-10-6-16/h1-6,9-11,14,17H,7-8,12-13,15H2. The summed E-state index contributed by atoms with van der Waals surface area (Å²) in [5, 5.41) is 0.645. The highest BCUT2D eigenvalue weighted by Crippen LogP contribution is 2.28. The van der Waals surface area contributed by atoms with Crippen LogP contribution in [0.1, 0.15) is 40.5 Å². The van der Waals surface area contributed by atoms with Crippen molar-refractivity contribution in [3.63, 3.8) is 0 Å². The molecule has 1 saturated heterocycles. The average molecular weight is 381 g/mol. The Kier molecular flexibility index (Phi) is 5.21. The van der Waals surface area contributed by atoms with Gasteiger partial charge in [-0.3, -0.25) is 9.78 Å².